The van der Waals surface area contributed by atoms with Crippen LogP contribution in [0, 0.1) is 18.2 Å². The number of unbranched alkanes of at least 4 members (excludes halogenated alkanes) is 1. The zero-order valence-electron chi connectivity index (χ0n) is 12.2. The average molecular weight is 276 g/mol. The molecule has 0 aliphatic heterocycles. The number of carbonyl (C=O) groups excluding carboxylic acids is 1. The number of carbonyl (C=O) groups is 1. The Balaban J connectivity index is 2.94. The minimum absolute atomic E-state index is 0.268. The van der Waals surface area contributed by atoms with E-state index in [2.05, 4.69) is 23.5 Å². The Hall–Kier alpha value is -2.02. The highest BCUT2D eigenvalue weighted by atomic mass is 19.1. The van der Waals surface area contributed by atoms with Crippen molar-refractivity contribution in [3.63, 3.8) is 0 Å². The highest BCUT2D eigenvalue weighted by Gasteiger charge is 2.20. The first-order valence-electron chi connectivity index (χ1n) is 6.73. The lowest BCUT2D eigenvalue weighted by atomic mass is 10.1. The lowest BCUT2D eigenvalue weighted by molar-refractivity contribution is 0.0930. The summed E-state index contributed by atoms with van der Waals surface area (Å²) in [7, 11) is 0. The summed E-state index contributed by atoms with van der Waals surface area (Å²) in [6.07, 6.45) is 7.37. The second-order valence-corrected chi connectivity index (χ2v) is 5.19. The molecule has 0 heterocycles. The van der Waals surface area contributed by atoms with Crippen LogP contribution in [0.15, 0.2) is 18.2 Å². The molecule has 1 amide bonds. The molecule has 1 rings (SSSR count). The predicted octanol–water partition coefficient (Wildman–Crippen LogP) is 3.18. The number of benzene rings is 1. The summed E-state index contributed by atoms with van der Waals surface area (Å²) in [5, 5.41) is 5.85. The molecule has 0 fully saturated rings. The lowest BCUT2D eigenvalue weighted by Crippen LogP contribution is -2.42. The predicted molar refractivity (Wildman–Crippen MR) is 80.2 cm³/mol. The van der Waals surface area contributed by atoms with Crippen LogP contribution in [0.3, 0.4) is 0 Å². The van der Waals surface area contributed by atoms with Gasteiger partial charge in [0.2, 0.25) is 0 Å². The van der Waals surface area contributed by atoms with Crippen LogP contribution < -0.4 is 10.6 Å². The van der Waals surface area contributed by atoms with Gasteiger partial charge in [-0.1, -0.05) is 19.3 Å². The molecule has 3 nitrogen and oxygen atoms in total. The Morgan fingerprint density at radius 3 is 2.75 bits per heavy atom. The average Bonchev–Trinajstić information content (AvgIpc) is 2.40. The molecule has 0 aromatic heterocycles. The van der Waals surface area contributed by atoms with E-state index in [1.165, 1.54) is 12.1 Å². The van der Waals surface area contributed by atoms with Gasteiger partial charge >= 0.3 is 0 Å². The smallest absolute Gasteiger partial charge is 0.254 e. The molecule has 0 bridgehead atoms. The minimum Gasteiger partial charge on any atom is -0.384 e. The summed E-state index contributed by atoms with van der Waals surface area (Å²) in [5.41, 5.74) is 0.110. The molecule has 2 N–H and O–H groups in total. The van der Waals surface area contributed by atoms with Crippen LogP contribution in [0.5, 0.6) is 0 Å². The van der Waals surface area contributed by atoms with Gasteiger partial charge in [0.25, 0.3) is 5.91 Å². The first-order chi connectivity index (χ1) is 9.39. The summed E-state index contributed by atoms with van der Waals surface area (Å²) in [5.74, 6) is 1.65. The fourth-order valence-electron chi connectivity index (χ4n) is 1.65. The number of amides is 1. The fraction of sp³-hybridized carbons (Fsp3) is 0.438. The van der Waals surface area contributed by atoms with E-state index in [0.29, 0.717) is 5.69 Å². The summed E-state index contributed by atoms with van der Waals surface area (Å²) < 4.78 is 13.4. The summed E-state index contributed by atoms with van der Waals surface area (Å²) in [6, 6.07) is 4.12. The first kappa shape index (κ1) is 16.0. The zero-order valence-corrected chi connectivity index (χ0v) is 12.2. The maximum atomic E-state index is 13.4. The Labute approximate surface area is 120 Å². The molecule has 0 saturated carbocycles. The second kappa shape index (κ2) is 6.95. The highest BCUT2D eigenvalue weighted by Crippen LogP contribution is 2.18. The van der Waals surface area contributed by atoms with E-state index in [0.717, 1.165) is 19.4 Å². The normalized spacial score (nSPS) is 10.8. The fourth-order valence-corrected chi connectivity index (χ4v) is 1.65. The van der Waals surface area contributed by atoms with E-state index in [1.807, 2.05) is 0 Å². The molecule has 0 aliphatic rings. The van der Waals surface area contributed by atoms with Crippen molar-refractivity contribution < 1.29 is 9.18 Å². The standard InChI is InChI=1S/C16H21FN2O/c1-5-7-10-18-14-9-8-12(17)11-13(14)15(20)19-16(3,4)6-2/h2,8-9,11,18H,5,7,10H2,1,3-4H3,(H,19,20). The topological polar surface area (TPSA) is 41.1 Å². The second-order valence-electron chi connectivity index (χ2n) is 5.19. The molecule has 0 radical (unpaired) electrons. The molecule has 1 aromatic rings. The first-order valence-corrected chi connectivity index (χ1v) is 6.73. The number of nitrogens with one attached hydrogen (secondary N) is 2. The van der Waals surface area contributed by atoms with Gasteiger partial charge in [0.05, 0.1) is 11.1 Å². The van der Waals surface area contributed by atoms with Crippen LogP contribution in [0.2, 0.25) is 0 Å². The molecule has 0 aliphatic carbocycles. The third-order valence-electron chi connectivity index (χ3n) is 2.86. The highest BCUT2D eigenvalue weighted by molar-refractivity contribution is 6.00. The molecule has 108 valence electrons. The van der Waals surface area contributed by atoms with Crippen LogP contribution >= 0.6 is 0 Å². The van der Waals surface area contributed by atoms with Gasteiger partial charge in [-0.3, -0.25) is 4.79 Å². The van der Waals surface area contributed by atoms with Gasteiger partial charge in [0.1, 0.15) is 5.82 Å². The quantitative estimate of drug-likeness (QED) is 0.619. The maximum absolute atomic E-state index is 13.4. The third kappa shape index (κ3) is 4.58. The van der Waals surface area contributed by atoms with Gasteiger partial charge in [-0.2, -0.15) is 0 Å². The van der Waals surface area contributed by atoms with Gasteiger partial charge in [0, 0.05) is 12.2 Å². The van der Waals surface area contributed by atoms with Gasteiger partial charge in [-0.25, -0.2) is 4.39 Å². The Kier molecular flexibility index (Phi) is 5.57. The van der Waals surface area contributed by atoms with Crippen molar-refractivity contribution >= 4 is 11.6 Å². The molecule has 0 spiro atoms. The SMILES string of the molecule is C#CC(C)(C)NC(=O)c1cc(F)ccc1NCCCC. The Bertz CT molecular complexity index is 518. The molecule has 20 heavy (non-hydrogen) atoms. The van der Waals surface area contributed by atoms with Crippen molar-refractivity contribution in [2.45, 2.75) is 39.2 Å². The largest absolute Gasteiger partial charge is 0.384 e. The monoisotopic (exact) mass is 276 g/mol. The van der Waals surface area contributed by atoms with Crippen LogP contribution in [-0.2, 0) is 0 Å². The van der Waals surface area contributed by atoms with Crippen LogP contribution in [0.4, 0.5) is 10.1 Å². The van der Waals surface area contributed by atoms with Gasteiger partial charge in [0.15, 0.2) is 0 Å². The van der Waals surface area contributed by atoms with Crippen LogP contribution in [-0.4, -0.2) is 18.0 Å². The summed E-state index contributed by atoms with van der Waals surface area (Å²) >= 11 is 0. The van der Waals surface area contributed by atoms with E-state index in [9.17, 15) is 9.18 Å². The lowest BCUT2D eigenvalue weighted by Gasteiger charge is -2.21. The van der Waals surface area contributed by atoms with Crippen LogP contribution in [0.25, 0.3) is 0 Å². The van der Waals surface area contributed by atoms with Crippen molar-refractivity contribution in [3.05, 3.63) is 29.6 Å². The minimum atomic E-state index is -0.774. The third-order valence-corrected chi connectivity index (χ3v) is 2.86. The zero-order chi connectivity index (χ0) is 15.2. The van der Waals surface area contributed by atoms with E-state index in [4.69, 9.17) is 6.42 Å². The van der Waals surface area contributed by atoms with E-state index >= 15 is 0 Å². The molecular weight excluding hydrogens is 255 g/mol. The Morgan fingerprint density at radius 2 is 2.15 bits per heavy atom. The number of halogens is 1. The molecule has 0 saturated heterocycles. The molecular formula is C16H21FN2O. The Morgan fingerprint density at radius 1 is 1.45 bits per heavy atom. The van der Waals surface area contributed by atoms with Crippen LogP contribution in [0.1, 0.15) is 44.0 Å². The maximum Gasteiger partial charge on any atom is 0.254 e. The van der Waals surface area contributed by atoms with Gasteiger partial charge in [-0.05, 0) is 38.5 Å². The van der Waals surface area contributed by atoms with Crippen molar-refractivity contribution in [3.8, 4) is 12.3 Å². The molecule has 1 aromatic carbocycles. The number of hydrogen-bond donors (Lipinski definition) is 2. The number of terminal acetylenes is 1. The molecule has 0 unspecified atom stereocenters. The van der Waals surface area contributed by atoms with Crippen molar-refractivity contribution in [1.82, 2.24) is 5.32 Å². The van der Waals surface area contributed by atoms with Crippen molar-refractivity contribution in [2.24, 2.45) is 0 Å². The van der Waals surface area contributed by atoms with E-state index in [-0.39, 0.29) is 11.5 Å². The number of rotatable bonds is 6. The molecule has 4 heteroatoms. The number of anilines is 1. The summed E-state index contributed by atoms with van der Waals surface area (Å²) in [6.45, 7) is 6.25. The van der Waals surface area contributed by atoms with E-state index in [1.54, 1.807) is 19.9 Å². The van der Waals surface area contributed by atoms with Gasteiger partial charge < -0.3 is 10.6 Å². The number of hydrogen-bond acceptors (Lipinski definition) is 2. The van der Waals surface area contributed by atoms with Crippen molar-refractivity contribution in [1.29, 1.82) is 0 Å². The summed E-state index contributed by atoms with van der Waals surface area (Å²) in [4.78, 5) is 12.2. The van der Waals surface area contributed by atoms with Crippen molar-refractivity contribution in [2.75, 3.05) is 11.9 Å². The van der Waals surface area contributed by atoms with Gasteiger partial charge in [-0.15, -0.1) is 6.42 Å². The molecule has 0 atom stereocenters. The van der Waals surface area contributed by atoms with E-state index < -0.39 is 11.4 Å².